The topological polar surface area (TPSA) is 61.6 Å². The zero-order valence-corrected chi connectivity index (χ0v) is 10.3. The lowest BCUT2D eigenvalue weighted by Crippen LogP contribution is -1.98. The van der Waals surface area contributed by atoms with Crippen molar-refractivity contribution in [2.75, 3.05) is 5.32 Å². The number of nitriles is 1. The number of halogens is 3. The number of aromatic nitrogens is 2. The standard InChI is InChI=1S/C11H5Cl2FN4/c12-8-3-7(4-9(13)10(8)14)18-11-16-2-1-6(5-15)17-11/h1-4H,(H,16,17,18). The molecule has 7 heteroatoms. The van der Waals surface area contributed by atoms with Crippen molar-refractivity contribution in [2.45, 2.75) is 0 Å². The molecule has 0 spiro atoms. The molecule has 1 N–H and O–H groups in total. The maximum absolute atomic E-state index is 13.2. The summed E-state index contributed by atoms with van der Waals surface area (Å²) in [5.74, 6) is -0.483. The van der Waals surface area contributed by atoms with Crippen LogP contribution in [-0.2, 0) is 0 Å². The second-order valence-electron chi connectivity index (χ2n) is 3.26. The minimum atomic E-state index is -0.685. The van der Waals surface area contributed by atoms with Crippen molar-refractivity contribution in [1.82, 2.24) is 9.97 Å². The molecule has 0 unspecified atom stereocenters. The van der Waals surface area contributed by atoms with E-state index in [1.807, 2.05) is 6.07 Å². The van der Waals surface area contributed by atoms with Gasteiger partial charge in [0.05, 0.1) is 10.0 Å². The Balaban J connectivity index is 2.32. The molecule has 1 aromatic carbocycles. The maximum atomic E-state index is 13.2. The fourth-order valence-electron chi connectivity index (χ4n) is 1.24. The van der Waals surface area contributed by atoms with Crippen LogP contribution < -0.4 is 5.32 Å². The zero-order chi connectivity index (χ0) is 13.1. The predicted molar refractivity (Wildman–Crippen MR) is 66.4 cm³/mol. The predicted octanol–water partition coefficient (Wildman–Crippen LogP) is 3.54. The maximum Gasteiger partial charge on any atom is 0.228 e. The molecule has 2 aromatic rings. The van der Waals surface area contributed by atoms with Crippen molar-refractivity contribution in [2.24, 2.45) is 0 Å². The highest BCUT2D eigenvalue weighted by Crippen LogP contribution is 2.28. The molecule has 0 saturated carbocycles. The Morgan fingerprint density at radius 3 is 2.56 bits per heavy atom. The highest BCUT2D eigenvalue weighted by Gasteiger charge is 2.08. The Bertz CT molecular complexity index is 616. The van der Waals surface area contributed by atoms with Crippen LogP contribution in [0, 0.1) is 17.1 Å². The van der Waals surface area contributed by atoms with Crippen molar-refractivity contribution < 1.29 is 4.39 Å². The van der Waals surface area contributed by atoms with Crippen LogP contribution in [0.2, 0.25) is 10.0 Å². The molecule has 4 nitrogen and oxygen atoms in total. The summed E-state index contributed by atoms with van der Waals surface area (Å²) in [5.41, 5.74) is 0.647. The third-order valence-corrected chi connectivity index (χ3v) is 2.56. The van der Waals surface area contributed by atoms with Crippen molar-refractivity contribution in [3.63, 3.8) is 0 Å². The van der Waals surface area contributed by atoms with Gasteiger partial charge in [0.1, 0.15) is 11.8 Å². The summed E-state index contributed by atoms with van der Waals surface area (Å²) in [6.45, 7) is 0. The summed E-state index contributed by atoms with van der Waals surface area (Å²) in [7, 11) is 0. The number of hydrogen-bond donors (Lipinski definition) is 1. The van der Waals surface area contributed by atoms with Gasteiger partial charge in [-0.3, -0.25) is 0 Å². The molecule has 90 valence electrons. The van der Waals surface area contributed by atoms with Crippen molar-refractivity contribution >= 4 is 34.8 Å². The quantitative estimate of drug-likeness (QED) is 0.856. The van der Waals surface area contributed by atoms with Gasteiger partial charge < -0.3 is 5.32 Å². The second-order valence-corrected chi connectivity index (χ2v) is 4.07. The molecule has 0 aliphatic carbocycles. The number of rotatable bonds is 2. The normalized spacial score (nSPS) is 9.89. The Kier molecular flexibility index (Phi) is 3.60. The van der Waals surface area contributed by atoms with E-state index in [0.717, 1.165) is 0 Å². The largest absolute Gasteiger partial charge is 0.324 e. The van der Waals surface area contributed by atoms with E-state index >= 15 is 0 Å². The highest BCUT2D eigenvalue weighted by atomic mass is 35.5. The van der Waals surface area contributed by atoms with Crippen molar-refractivity contribution in [1.29, 1.82) is 5.26 Å². The van der Waals surface area contributed by atoms with Gasteiger partial charge in [-0.15, -0.1) is 0 Å². The molecule has 2 rings (SSSR count). The van der Waals surface area contributed by atoms with Gasteiger partial charge in [0, 0.05) is 11.9 Å². The second kappa shape index (κ2) is 5.17. The van der Waals surface area contributed by atoms with Crippen LogP contribution >= 0.6 is 23.2 Å². The fourth-order valence-corrected chi connectivity index (χ4v) is 1.73. The molecular weight excluding hydrogens is 278 g/mol. The van der Waals surface area contributed by atoms with Gasteiger partial charge in [0.15, 0.2) is 5.82 Å². The van der Waals surface area contributed by atoms with E-state index in [0.29, 0.717) is 5.69 Å². The van der Waals surface area contributed by atoms with Crippen LogP contribution in [0.25, 0.3) is 0 Å². The number of benzene rings is 1. The van der Waals surface area contributed by atoms with Crippen LogP contribution in [0.15, 0.2) is 24.4 Å². The average molecular weight is 283 g/mol. The first-order valence-corrected chi connectivity index (χ1v) is 5.50. The summed E-state index contributed by atoms with van der Waals surface area (Å²) in [4.78, 5) is 7.82. The van der Waals surface area contributed by atoms with Gasteiger partial charge in [-0.1, -0.05) is 23.2 Å². The molecule has 0 saturated heterocycles. The van der Waals surface area contributed by atoms with Crippen LogP contribution in [0.3, 0.4) is 0 Å². The highest BCUT2D eigenvalue weighted by molar-refractivity contribution is 6.35. The monoisotopic (exact) mass is 282 g/mol. The van der Waals surface area contributed by atoms with Crippen LogP contribution in [0.5, 0.6) is 0 Å². The molecule has 1 heterocycles. The van der Waals surface area contributed by atoms with E-state index in [4.69, 9.17) is 28.5 Å². The summed E-state index contributed by atoms with van der Waals surface area (Å²) < 4.78 is 13.2. The molecule has 0 amide bonds. The lowest BCUT2D eigenvalue weighted by molar-refractivity contribution is 0.629. The zero-order valence-electron chi connectivity index (χ0n) is 8.78. The number of nitrogens with one attached hydrogen (secondary N) is 1. The van der Waals surface area contributed by atoms with Crippen molar-refractivity contribution in [3.8, 4) is 6.07 Å². The van der Waals surface area contributed by atoms with E-state index < -0.39 is 5.82 Å². The number of anilines is 2. The van der Waals surface area contributed by atoms with Crippen LogP contribution in [0.1, 0.15) is 5.69 Å². The first-order valence-electron chi connectivity index (χ1n) is 4.75. The molecule has 0 fully saturated rings. The Hall–Kier alpha value is -1.90. The summed E-state index contributed by atoms with van der Waals surface area (Å²) in [6.07, 6.45) is 1.43. The van der Waals surface area contributed by atoms with E-state index in [2.05, 4.69) is 15.3 Å². The third-order valence-electron chi connectivity index (χ3n) is 2.01. The minimum absolute atomic E-state index is 0.110. The SMILES string of the molecule is N#Cc1ccnc(Nc2cc(Cl)c(F)c(Cl)c2)n1. The molecule has 0 atom stereocenters. The fraction of sp³-hybridized carbons (Fsp3) is 0. The molecule has 0 aliphatic heterocycles. The first-order chi connectivity index (χ1) is 8.60. The first kappa shape index (κ1) is 12.6. The van der Waals surface area contributed by atoms with E-state index in [9.17, 15) is 4.39 Å². The molecule has 18 heavy (non-hydrogen) atoms. The average Bonchev–Trinajstić information content (AvgIpc) is 2.36. The lowest BCUT2D eigenvalue weighted by Gasteiger charge is -2.06. The van der Waals surface area contributed by atoms with Crippen molar-refractivity contribution in [3.05, 3.63) is 46.0 Å². The third kappa shape index (κ3) is 2.67. The van der Waals surface area contributed by atoms with Gasteiger partial charge >= 0.3 is 0 Å². The smallest absolute Gasteiger partial charge is 0.228 e. The Morgan fingerprint density at radius 1 is 1.28 bits per heavy atom. The molecule has 0 aliphatic rings. The molecule has 0 radical (unpaired) electrons. The Labute approximate surface area is 112 Å². The van der Waals surface area contributed by atoms with E-state index in [1.54, 1.807) is 0 Å². The summed E-state index contributed by atoms with van der Waals surface area (Å²) in [5, 5.41) is 11.3. The van der Waals surface area contributed by atoms with Gasteiger partial charge in [0.25, 0.3) is 0 Å². The number of hydrogen-bond acceptors (Lipinski definition) is 4. The van der Waals surface area contributed by atoms with E-state index in [-0.39, 0.29) is 21.7 Å². The van der Waals surface area contributed by atoms with Crippen LogP contribution in [0.4, 0.5) is 16.0 Å². The van der Waals surface area contributed by atoms with Gasteiger partial charge in [-0.25, -0.2) is 14.4 Å². The van der Waals surface area contributed by atoms with E-state index in [1.165, 1.54) is 24.4 Å². The molecular formula is C11H5Cl2FN4. The van der Waals surface area contributed by atoms with Gasteiger partial charge in [-0.2, -0.15) is 5.26 Å². The Morgan fingerprint density at radius 2 is 1.94 bits per heavy atom. The lowest BCUT2D eigenvalue weighted by atomic mass is 10.3. The van der Waals surface area contributed by atoms with Gasteiger partial charge in [0.2, 0.25) is 5.95 Å². The van der Waals surface area contributed by atoms with Crippen LogP contribution in [-0.4, -0.2) is 9.97 Å². The summed E-state index contributed by atoms with van der Waals surface area (Å²) in [6, 6.07) is 6.05. The number of nitrogens with zero attached hydrogens (tertiary/aromatic N) is 3. The summed E-state index contributed by atoms with van der Waals surface area (Å²) >= 11 is 11.3. The minimum Gasteiger partial charge on any atom is -0.324 e. The molecule has 1 aromatic heterocycles. The van der Waals surface area contributed by atoms with Gasteiger partial charge in [-0.05, 0) is 18.2 Å². The molecule has 0 bridgehead atoms.